The molecule has 0 aliphatic carbocycles. The third-order valence-corrected chi connectivity index (χ3v) is 2.82. The van der Waals surface area contributed by atoms with Gasteiger partial charge in [-0.1, -0.05) is 12.6 Å². The van der Waals surface area contributed by atoms with Crippen LogP contribution in [-0.2, 0) is 0 Å². The number of phenols is 1. The first kappa shape index (κ1) is 16.3. The Morgan fingerprint density at radius 3 is 2.65 bits per heavy atom. The van der Waals surface area contributed by atoms with E-state index in [2.05, 4.69) is 16.9 Å². The third kappa shape index (κ3) is 5.32. The molecule has 4 nitrogen and oxygen atoms in total. The maximum Gasteiger partial charge on any atom is 0.141 e. The number of hydrogen-bond donors (Lipinski definition) is 2. The molecule has 0 bridgehead atoms. The number of hydrogen-bond acceptors (Lipinski definition) is 4. The van der Waals surface area contributed by atoms with Crippen molar-refractivity contribution < 1.29 is 14.2 Å². The minimum Gasteiger partial charge on any atom is -0.508 e. The van der Waals surface area contributed by atoms with Crippen molar-refractivity contribution in [2.45, 2.75) is 6.92 Å². The molecule has 0 atom stereocenters. The van der Waals surface area contributed by atoms with Gasteiger partial charge in [-0.25, -0.2) is 9.38 Å². The van der Waals surface area contributed by atoms with Gasteiger partial charge in [0.2, 0.25) is 0 Å². The molecule has 0 saturated heterocycles. The molecule has 2 rings (SSSR count). The molecule has 0 saturated carbocycles. The second kappa shape index (κ2) is 7.79. The van der Waals surface area contributed by atoms with E-state index >= 15 is 0 Å². The van der Waals surface area contributed by atoms with Gasteiger partial charge in [0, 0.05) is 11.8 Å². The lowest BCUT2D eigenvalue weighted by Crippen LogP contribution is -2.00. The molecule has 5 heteroatoms. The van der Waals surface area contributed by atoms with Crippen molar-refractivity contribution in [1.82, 2.24) is 0 Å². The van der Waals surface area contributed by atoms with Crippen molar-refractivity contribution in [2.24, 2.45) is 4.99 Å². The van der Waals surface area contributed by atoms with Gasteiger partial charge in [-0.3, -0.25) is 0 Å². The highest BCUT2D eigenvalue weighted by Gasteiger charge is 1.99. The fraction of sp³-hybridized carbons (Fsp3) is 0.0556. The van der Waals surface area contributed by atoms with Crippen molar-refractivity contribution in [3.63, 3.8) is 0 Å². The molecule has 0 heterocycles. The summed E-state index contributed by atoms with van der Waals surface area (Å²) in [5.74, 6) is 1.22. The van der Waals surface area contributed by atoms with Gasteiger partial charge in [-0.05, 0) is 49.4 Å². The fourth-order valence-electron chi connectivity index (χ4n) is 1.72. The maximum atomic E-state index is 12.9. The Morgan fingerprint density at radius 2 is 2.00 bits per heavy atom. The maximum absolute atomic E-state index is 12.9. The zero-order valence-corrected chi connectivity index (χ0v) is 12.7. The van der Waals surface area contributed by atoms with Gasteiger partial charge in [0.1, 0.15) is 28.9 Å². The van der Waals surface area contributed by atoms with Crippen LogP contribution in [0.1, 0.15) is 6.92 Å². The van der Waals surface area contributed by atoms with E-state index in [1.54, 1.807) is 37.3 Å². The summed E-state index contributed by atoms with van der Waals surface area (Å²) in [7, 11) is 0. The Morgan fingerprint density at radius 1 is 1.26 bits per heavy atom. The Hall–Kier alpha value is -3.08. The number of halogens is 1. The Labute approximate surface area is 134 Å². The van der Waals surface area contributed by atoms with Gasteiger partial charge in [-0.2, -0.15) is 0 Å². The van der Waals surface area contributed by atoms with Gasteiger partial charge in [0.25, 0.3) is 0 Å². The number of rotatable bonds is 6. The summed E-state index contributed by atoms with van der Waals surface area (Å²) in [6, 6.07) is 12.3. The van der Waals surface area contributed by atoms with E-state index in [9.17, 15) is 9.50 Å². The highest BCUT2D eigenvalue weighted by Crippen LogP contribution is 2.17. The SMILES string of the molecule is C=C(/N=C\C(=C/C)Oc1ccc(F)cc1)Nc1cccc(O)c1. The number of nitrogens with zero attached hydrogens (tertiary/aromatic N) is 1. The zero-order valence-electron chi connectivity index (χ0n) is 12.7. The first-order valence-electron chi connectivity index (χ1n) is 6.95. The highest BCUT2D eigenvalue weighted by molar-refractivity contribution is 5.77. The predicted molar refractivity (Wildman–Crippen MR) is 90.1 cm³/mol. The summed E-state index contributed by atoms with van der Waals surface area (Å²) < 4.78 is 18.4. The standard InChI is InChI=1S/C18H17FN2O2/c1-3-17(23-18-9-7-14(19)8-10-18)12-20-13(2)21-15-5-4-6-16(22)11-15/h3-12,21-22H,2H2,1H3/b17-3+,20-12-. The first-order valence-corrected chi connectivity index (χ1v) is 6.95. The summed E-state index contributed by atoms with van der Waals surface area (Å²) in [5.41, 5.74) is 0.675. The third-order valence-electron chi connectivity index (χ3n) is 2.82. The molecular weight excluding hydrogens is 295 g/mol. The highest BCUT2D eigenvalue weighted by atomic mass is 19.1. The Balaban J connectivity index is 1.96. The smallest absolute Gasteiger partial charge is 0.141 e. The van der Waals surface area contributed by atoms with E-state index in [0.717, 1.165) is 0 Å². The van der Waals surface area contributed by atoms with Crippen LogP contribution in [0.5, 0.6) is 11.5 Å². The molecule has 23 heavy (non-hydrogen) atoms. The number of ether oxygens (including phenoxy) is 1. The lowest BCUT2D eigenvalue weighted by Gasteiger charge is -2.07. The van der Waals surface area contributed by atoms with Gasteiger partial charge in [0.15, 0.2) is 0 Å². The normalized spacial score (nSPS) is 11.5. The molecule has 2 aromatic carbocycles. The zero-order chi connectivity index (χ0) is 16.7. The molecule has 0 aliphatic heterocycles. The summed E-state index contributed by atoms with van der Waals surface area (Å²) in [4.78, 5) is 4.15. The van der Waals surface area contributed by atoms with Crippen molar-refractivity contribution in [1.29, 1.82) is 0 Å². The van der Waals surface area contributed by atoms with Gasteiger partial charge in [0.05, 0.1) is 6.21 Å². The monoisotopic (exact) mass is 312 g/mol. The van der Waals surface area contributed by atoms with E-state index in [4.69, 9.17) is 4.74 Å². The fourth-order valence-corrected chi connectivity index (χ4v) is 1.72. The summed E-state index contributed by atoms with van der Waals surface area (Å²) >= 11 is 0. The summed E-state index contributed by atoms with van der Waals surface area (Å²) in [6.07, 6.45) is 3.23. The van der Waals surface area contributed by atoms with Crippen LogP contribution in [-0.4, -0.2) is 11.3 Å². The number of benzene rings is 2. The molecule has 0 amide bonds. The molecule has 0 unspecified atom stereocenters. The molecule has 2 aromatic rings. The molecule has 118 valence electrons. The second-order valence-electron chi connectivity index (χ2n) is 4.63. The first-order chi connectivity index (χ1) is 11.1. The lowest BCUT2D eigenvalue weighted by atomic mass is 10.3. The molecule has 2 N–H and O–H groups in total. The van der Waals surface area contributed by atoms with Crippen molar-refractivity contribution in [3.8, 4) is 11.5 Å². The van der Waals surface area contributed by atoms with E-state index in [1.165, 1.54) is 30.5 Å². The minimum absolute atomic E-state index is 0.153. The summed E-state index contributed by atoms with van der Waals surface area (Å²) in [5, 5.41) is 12.4. The van der Waals surface area contributed by atoms with Crippen LogP contribution in [0.25, 0.3) is 0 Å². The van der Waals surface area contributed by atoms with Crippen molar-refractivity contribution in [3.05, 3.63) is 78.6 Å². The van der Waals surface area contributed by atoms with Crippen molar-refractivity contribution >= 4 is 11.9 Å². The van der Waals surface area contributed by atoms with Crippen LogP contribution >= 0.6 is 0 Å². The van der Waals surface area contributed by atoms with Crippen LogP contribution in [0.4, 0.5) is 10.1 Å². The number of anilines is 1. The van der Waals surface area contributed by atoms with Gasteiger partial charge < -0.3 is 15.2 Å². The van der Waals surface area contributed by atoms with Crippen LogP contribution in [0.15, 0.2) is 77.8 Å². The second-order valence-corrected chi connectivity index (χ2v) is 4.63. The average Bonchev–Trinajstić information content (AvgIpc) is 2.53. The van der Waals surface area contributed by atoms with Crippen LogP contribution in [0.2, 0.25) is 0 Å². The molecule has 0 fully saturated rings. The van der Waals surface area contributed by atoms with Gasteiger partial charge in [-0.15, -0.1) is 0 Å². The molecular formula is C18H17FN2O2. The topological polar surface area (TPSA) is 53.8 Å². The van der Waals surface area contributed by atoms with Crippen LogP contribution in [0, 0.1) is 5.82 Å². The molecule has 0 spiro atoms. The number of aromatic hydroxyl groups is 1. The van der Waals surface area contributed by atoms with Crippen LogP contribution < -0.4 is 10.1 Å². The van der Waals surface area contributed by atoms with E-state index < -0.39 is 0 Å². The van der Waals surface area contributed by atoms with Crippen LogP contribution in [0.3, 0.4) is 0 Å². The molecule has 0 aliphatic rings. The number of phenolic OH excluding ortho intramolecular Hbond substituents is 1. The molecule has 0 radical (unpaired) electrons. The number of aliphatic imine (C=N–C) groups is 1. The average molecular weight is 312 g/mol. The summed E-state index contributed by atoms with van der Waals surface area (Å²) in [6.45, 7) is 5.58. The van der Waals surface area contributed by atoms with E-state index in [0.29, 0.717) is 23.0 Å². The quantitative estimate of drug-likeness (QED) is 0.611. The molecule has 0 aromatic heterocycles. The predicted octanol–water partition coefficient (Wildman–Crippen LogP) is 4.47. The minimum atomic E-state index is -0.322. The van der Waals surface area contributed by atoms with E-state index in [1.807, 2.05) is 0 Å². The number of allylic oxidation sites excluding steroid dienone is 2. The Kier molecular flexibility index (Phi) is 5.52. The lowest BCUT2D eigenvalue weighted by molar-refractivity contribution is 0.454. The van der Waals surface area contributed by atoms with Crippen molar-refractivity contribution in [2.75, 3.05) is 5.32 Å². The largest absolute Gasteiger partial charge is 0.508 e. The van der Waals surface area contributed by atoms with Gasteiger partial charge >= 0.3 is 0 Å². The van der Waals surface area contributed by atoms with E-state index in [-0.39, 0.29) is 11.6 Å². The Bertz CT molecular complexity index is 737. The number of nitrogens with one attached hydrogen (secondary N) is 1.